The SMILES string of the molecule is CCN1CCNCC1c1cc(O)c2c(c1C(F)(F)F)C[C@H]1C[C@H]3[C@H](N(C)C)C(=O)C(C(N)=O)=C(O)[C@@]3(O)C(=O)C1=C2O. The Hall–Kier alpha value is -3.46. The van der Waals surface area contributed by atoms with Crippen molar-refractivity contribution in [3.63, 3.8) is 0 Å². The number of phenols is 1. The van der Waals surface area contributed by atoms with Gasteiger partial charge in [-0.1, -0.05) is 6.92 Å². The van der Waals surface area contributed by atoms with Crippen LogP contribution in [0.2, 0.25) is 0 Å². The molecule has 14 heteroatoms. The Morgan fingerprint density at radius 2 is 1.90 bits per heavy atom. The molecule has 1 heterocycles. The van der Waals surface area contributed by atoms with Gasteiger partial charge in [-0.3, -0.25) is 24.2 Å². The molecule has 0 bridgehead atoms. The number of benzene rings is 1. The monoisotopic (exact) mass is 594 g/mol. The van der Waals surface area contributed by atoms with Gasteiger partial charge in [-0.2, -0.15) is 13.2 Å². The lowest BCUT2D eigenvalue weighted by molar-refractivity contribution is -0.153. The number of rotatable bonds is 4. The molecule has 1 aromatic carbocycles. The summed E-state index contributed by atoms with van der Waals surface area (Å²) in [7, 11) is 2.88. The van der Waals surface area contributed by atoms with Crippen LogP contribution in [0.3, 0.4) is 0 Å². The molecule has 3 aliphatic carbocycles. The van der Waals surface area contributed by atoms with Crippen molar-refractivity contribution in [2.75, 3.05) is 40.3 Å². The van der Waals surface area contributed by atoms with Crippen molar-refractivity contribution in [1.82, 2.24) is 15.1 Å². The Morgan fingerprint density at radius 1 is 1.24 bits per heavy atom. The van der Waals surface area contributed by atoms with Crippen LogP contribution >= 0.6 is 0 Å². The molecule has 1 aliphatic heterocycles. The molecule has 2 fully saturated rings. The molecule has 0 radical (unpaired) electrons. The molecule has 228 valence electrons. The fourth-order valence-corrected chi connectivity index (χ4v) is 7.38. The molecule has 5 atom stereocenters. The molecule has 4 aliphatic rings. The zero-order valence-corrected chi connectivity index (χ0v) is 23.2. The van der Waals surface area contributed by atoms with Crippen molar-refractivity contribution in [2.24, 2.45) is 17.6 Å². The third-order valence-corrected chi connectivity index (χ3v) is 9.16. The average molecular weight is 595 g/mol. The van der Waals surface area contributed by atoms with E-state index in [0.717, 1.165) is 6.07 Å². The summed E-state index contributed by atoms with van der Waals surface area (Å²) < 4.78 is 44.5. The number of hydrogen-bond donors (Lipinski definition) is 6. The number of ketones is 2. The molecular weight excluding hydrogens is 561 g/mol. The number of aromatic hydroxyl groups is 1. The maximum Gasteiger partial charge on any atom is 0.417 e. The molecule has 1 unspecified atom stereocenters. The van der Waals surface area contributed by atoms with Gasteiger partial charge in [0.2, 0.25) is 5.78 Å². The Morgan fingerprint density at radius 3 is 2.48 bits per heavy atom. The predicted molar refractivity (Wildman–Crippen MR) is 142 cm³/mol. The van der Waals surface area contributed by atoms with Gasteiger partial charge >= 0.3 is 6.18 Å². The number of fused-ring (bicyclic) bond motifs is 3. The second-order valence-corrected chi connectivity index (χ2v) is 11.5. The minimum Gasteiger partial charge on any atom is -0.508 e. The van der Waals surface area contributed by atoms with Gasteiger partial charge in [0, 0.05) is 37.2 Å². The van der Waals surface area contributed by atoms with Crippen molar-refractivity contribution >= 4 is 23.2 Å². The van der Waals surface area contributed by atoms with E-state index in [1.807, 2.05) is 11.8 Å². The number of aliphatic hydroxyl groups is 3. The molecule has 1 aromatic rings. The molecule has 7 N–H and O–H groups in total. The van der Waals surface area contributed by atoms with Gasteiger partial charge in [0.15, 0.2) is 11.4 Å². The topological polar surface area (TPSA) is 177 Å². The van der Waals surface area contributed by atoms with Gasteiger partial charge in [-0.25, -0.2) is 0 Å². The lowest BCUT2D eigenvalue weighted by Crippen LogP contribution is -2.65. The van der Waals surface area contributed by atoms with E-state index in [0.29, 0.717) is 19.6 Å². The summed E-state index contributed by atoms with van der Waals surface area (Å²) in [5, 5.41) is 48.0. The van der Waals surface area contributed by atoms with Gasteiger partial charge in [0.05, 0.1) is 17.2 Å². The van der Waals surface area contributed by atoms with E-state index in [1.165, 1.54) is 19.0 Å². The molecule has 11 nitrogen and oxygen atoms in total. The van der Waals surface area contributed by atoms with E-state index in [1.54, 1.807) is 0 Å². The Kier molecular flexibility index (Phi) is 7.20. The van der Waals surface area contributed by atoms with Crippen molar-refractivity contribution in [3.8, 4) is 5.75 Å². The number of phenolic OH excluding ortho intramolecular Hbond substituents is 1. The minimum absolute atomic E-state index is 0.173. The van der Waals surface area contributed by atoms with E-state index < -0.39 is 105 Å². The van der Waals surface area contributed by atoms with Gasteiger partial charge in [0.1, 0.15) is 22.8 Å². The summed E-state index contributed by atoms with van der Waals surface area (Å²) in [6.07, 6.45) is -5.65. The summed E-state index contributed by atoms with van der Waals surface area (Å²) in [6.45, 7) is 3.53. The molecule has 0 spiro atoms. The number of nitrogens with zero attached hydrogens (tertiary/aromatic N) is 2. The highest BCUT2D eigenvalue weighted by Gasteiger charge is 2.64. The molecule has 1 saturated heterocycles. The first-order valence-corrected chi connectivity index (χ1v) is 13.6. The van der Waals surface area contributed by atoms with Crippen molar-refractivity contribution in [3.05, 3.63) is 45.2 Å². The van der Waals surface area contributed by atoms with Crippen LogP contribution in [0, 0.1) is 11.8 Å². The number of amides is 1. The molecule has 5 rings (SSSR count). The summed E-state index contributed by atoms with van der Waals surface area (Å²) in [6, 6.07) is -1.12. The van der Waals surface area contributed by atoms with Crippen LogP contribution in [-0.2, 0) is 27.0 Å². The lowest BCUT2D eigenvalue weighted by atomic mass is 9.57. The summed E-state index contributed by atoms with van der Waals surface area (Å²) in [5.74, 6) is -9.02. The minimum atomic E-state index is -4.90. The molecule has 1 saturated carbocycles. The third kappa shape index (κ3) is 4.14. The average Bonchev–Trinajstić information content (AvgIpc) is 2.89. The first-order valence-electron chi connectivity index (χ1n) is 13.6. The maximum atomic E-state index is 14.8. The van der Waals surface area contributed by atoms with Crippen LogP contribution in [0.5, 0.6) is 5.75 Å². The number of hydrogen-bond acceptors (Lipinski definition) is 10. The van der Waals surface area contributed by atoms with E-state index >= 15 is 0 Å². The highest BCUT2D eigenvalue weighted by molar-refractivity contribution is 6.24. The smallest absolute Gasteiger partial charge is 0.417 e. The van der Waals surface area contributed by atoms with Crippen LogP contribution in [0.1, 0.15) is 41.6 Å². The highest BCUT2D eigenvalue weighted by Crippen LogP contribution is 2.55. The van der Waals surface area contributed by atoms with Crippen LogP contribution in [0.15, 0.2) is 23.0 Å². The zero-order valence-electron chi connectivity index (χ0n) is 23.2. The summed E-state index contributed by atoms with van der Waals surface area (Å²) in [4.78, 5) is 42.4. The number of nitrogens with one attached hydrogen (secondary N) is 1. The Labute approximate surface area is 239 Å². The fraction of sp³-hybridized carbons (Fsp3) is 0.536. The number of alkyl halides is 3. The van der Waals surface area contributed by atoms with Crippen molar-refractivity contribution in [2.45, 2.75) is 43.6 Å². The third-order valence-electron chi connectivity index (χ3n) is 9.16. The van der Waals surface area contributed by atoms with Crippen LogP contribution in [-0.4, -0.2) is 99.6 Å². The van der Waals surface area contributed by atoms with Crippen molar-refractivity contribution < 1.29 is 48.0 Å². The molecule has 42 heavy (non-hydrogen) atoms. The molecule has 1 amide bonds. The Bertz CT molecular complexity index is 1450. The fourth-order valence-electron chi connectivity index (χ4n) is 7.38. The predicted octanol–water partition coefficient (Wildman–Crippen LogP) is 0.949. The maximum absolute atomic E-state index is 14.8. The number of Topliss-reactive ketones (excluding diaryl/α,β-unsaturated/α-hetero) is 2. The number of nitrogens with two attached hydrogens (primary N) is 1. The number of halogens is 3. The zero-order chi connectivity index (χ0) is 31.0. The van der Waals surface area contributed by atoms with Crippen LogP contribution in [0.25, 0.3) is 5.76 Å². The summed E-state index contributed by atoms with van der Waals surface area (Å²) in [5.41, 5.74) is -1.23. The number of carbonyl (C=O) groups excluding carboxylic acids is 3. The normalized spacial score (nSPS) is 30.4. The molecule has 0 aromatic heterocycles. The van der Waals surface area contributed by atoms with Gasteiger partial charge < -0.3 is 31.5 Å². The number of likely N-dealkylation sites (N-methyl/N-ethyl adjacent to an activating group) is 2. The number of carbonyl (C=O) groups is 3. The lowest BCUT2D eigenvalue weighted by Gasteiger charge is -2.50. The van der Waals surface area contributed by atoms with Gasteiger partial charge in [0.25, 0.3) is 5.91 Å². The largest absolute Gasteiger partial charge is 0.508 e. The van der Waals surface area contributed by atoms with Gasteiger partial charge in [-0.05, 0) is 56.6 Å². The molecular formula is C28H33F3N4O7. The number of piperazine rings is 1. The first-order chi connectivity index (χ1) is 19.6. The van der Waals surface area contributed by atoms with E-state index in [2.05, 4.69) is 5.32 Å². The van der Waals surface area contributed by atoms with E-state index in [4.69, 9.17) is 5.73 Å². The van der Waals surface area contributed by atoms with Crippen LogP contribution < -0.4 is 11.1 Å². The highest BCUT2D eigenvalue weighted by atomic mass is 19.4. The van der Waals surface area contributed by atoms with E-state index in [9.17, 15) is 48.0 Å². The number of primary amides is 1. The standard InChI is InChI=1S/C28H33F3N4O7/c1-4-35-6-5-33-10-15(35)12-9-16(36)18-13(20(12)28(29,30)31)7-11-8-14-21(34(2)3)23(38)19(26(32)41)25(40)27(14,42)24(39)17(11)22(18)37/h9,11,14-15,21,33,36-37,40,42H,4-8,10H2,1-3H3,(H2,32,41)/t11-,14-,15?,21-,27-/m0/s1. The Balaban J connectivity index is 1.75. The van der Waals surface area contributed by atoms with Crippen molar-refractivity contribution in [1.29, 1.82) is 0 Å². The van der Waals surface area contributed by atoms with Crippen LogP contribution in [0.4, 0.5) is 13.2 Å². The number of aliphatic hydroxyl groups excluding tert-OH is 2. The quantitative estimate of drug-likeness (QED) is 0.275. The van der Waals surface area contributed by atoms with E-state index in [-0.39, 0.29) is 18.5 Å². The summed E-state index contributed by atoms with van der Waals surface area (Å²) >= 11 is 0. The van der Waals surface area contributed by atoms with Gasteiger partial charge in [-0.15, -0.1) is 0 Å². The first kappa shape index (κ1) is 30.0. The second kappa shape index (κ2) is 10.1. The second-order valence-electron chi connectivity index (χ2n) is 11.5.